The number of morpholine rings is 1. The molecule has 1 aliphatic carbocycles. The van der Waals surface area contributed by atoms with Gasteiger partial charge in [-0.15, -0.1) is 0 Å². The Hall–Kier alpha value is -1.92. The van der Waals surface area contributed by atoms with Gasteiger partial charge in [0.15, 0.2) is 0 Å². The van der Waals surface area contributed by atoms with Crippen molar-refractivity contribution in [3.63, 3.8) is 0 Å². The van der Waals surface area contributed by atoms with Crippen LogP contribution in [-0.2, 0) is 19.9 Å². The molecule has 28 heavy (non-hydrogen) atoms. The zero-order chi connectivity index (χ0) is 19.4. The number of hydrogen-bond acceptors (Lipinski definition) is 4. The Morgan fingerprint density at radius 1 is 1.14 bits per heavy atom. The number of piperidine rings is 1. The number of likely N-dealkylation sites (tertiary alicyclic amines) is 1. The highest BCUT2D eigenvalue weighted by Crippen LogP contribution is 2.45. The van der Waals surface area contributed by atoms with Crippen molar-refractivity contribution < 1.29 is 14.3 Å². The van der Waals surface area contributed by atoms with Gasteiger partial charge < -0.3 is 15.0 Å². The van der Waals surface area contributed by atoms with Gasteiger partial charge in [-0.3, -0.25) is 14.5 Å². The number of nitrogens with zero attached hydrogens (tertiary/aromatic N) is 2. The second-order valence-electron chi connectivity index (χ2n) is 8.32. The number of benzene rings is 1. The predicted octanol–water partition coefficient (Wildman–Crippen LogP) is 1.75. The zero-order valence-corrected chi connectivity index (χ0v) is 16.6. The van der Waals surface area contributed by atoms with Crippen molar-refractivity contribution in [2.45, 2.75) is 37.6 Å². The number of carbonyl (C=O) groups excluding carboxylic acids is 2. The van der Waals surface area contributed by atoms with E-state index in [9.17, 15) is 9.59 Å². The first-order valence-electron chi connectivity index (χ1n) is 10.6. The molecule has 3 fully saturated rings. The van der Waals surface area contributed by atoms with Gasteiger partial charge in [0.05, 0.1) is 24.7 Å². The van der Waals surface area contributed by atoms with Crippen molar-refractivity contribution in [2.24, 2.45) is 5.92 Å². The van der Waals surface area contributed by atoms with Crippen molar-refractivity contribution in [3.05, 3.63) is 35.9 Å². The van der Waals surface area contributed by atoms with E-state index < -0.39 is 0 Å². The van der Waals surface area contributed by atoms with Crippen molar-refractivity contribution in [1.29, 1.82) is 0 Å². The van der Waals surface area contributed by atoms with Crippen LogP contribution in [0.2, 0.25) is 0 Å². The van der Waals surface area contributed by atoms with Crippen LogP contribution >= 0.6 is 0 Å². The van der Waals surface area contributed by atoms with Crippen LogP contribution in [0.1, 0.15) is 37.7 Å². The van der Waals surface area contributed by atoms with E-state index in [2.05, 4.69) is 22.3 Å². The fourth-order valence-corrected chi connectivity index (χ4v) is 4.36. The van der Waals surface area contributed by atoms with Gasteiger partial charge in [0.1, 0.15) is 0 Å². The molecule has 2 amide bonds. The fourth-order valence-electron chi connectivity index (χ4n) is 4.36. The molecule has 1 aromatic rings. The van der Waals surface area contributed by atoms with Crippen LogP contribution in [0.25, 0.3) is 0 Å². The highest BCUT2D eigenvalue weighted by Gasteiger charge is 2.46. The van der Waals surface area contributed by atoms with Gasteiger partial charge in [-0.05, 0) is 31.2 Å². The van der Waals surface area contributed by atoms with Gasteiger partial charge in [0, 0.05) is 39.1 Å². The maximum atomic E-state index is 12.9. The van der Waals surface area contributed by atoms with Crippen LogP contribution < -0.4 is 5.32 Å². The van der Waals surface area contributed by atoms with Crippen molar-refractivity contribution in [3.8, 4) is 0 Å². The maximum Gasteiger partial charge on any atom is 0.225 e. The molecule has 1 aromatic carbocycles. The molecule has 1 saturated carbocycles. The first kappa shape index (κ1) is 19.4. The molecule has 3 aliphatic rings. The van der Waals surface area contributed by atoms with E-state index in [4.69, 9.17) is 4.74 Å². The Kier molecular flexibility index (Phi) is 5.97. The van der Waals surface area contributed by atoms with Crippen LogP contribution in [0, 0.1) is 5.92 Å². The van der Waals surface area contributed by atoms with Crippen LogP contribution in [-0.4, -0.2) is 67.6 Å². The summed E-state index contributed by atoms with van der Waals surface area (Å²) in [7, 11) is 0. The van der Waals surface area contributed by atoms with E-state index in [-0.39, 0.29) is 23.3 Å². The number of carbonyl (C=O) groups is 2. The first-order valence-corrected chi connectivity index (χ1v) is 10.6. The Balaban J connectivity index is 1.28. The van der Waals surface area contributed by atoms with Crippen LogP contribution in [0.3, 0.4) is 0 Å². The summed E-state index contributed by atoms with van der Waals surface area (Å²) in [5.41, 5.74) is 1.01. The lowest BCUT2D eigenvalue weighted by Crippen LogP contribution is -2.48. The van der Waals surface area contributed by atoms with Crippen LogP contribution in [0.4, 0.5) is 0 Å². The number of rotatable bonds is 7. The minimum absolute atomic E-state index is 0.0951. The summed E-state index contributed by atoms with van der Waals surface area (Å²) in [6.07, 6.45) is 4.09. The molecule has 1 unspecified atom stereocenters. The predicted molar refractivity (Wildman–Crippen MR) is 107 cm³/mol. The summed E-state index contributed by atoms with van der Waals surface area (Å²) in [5.74, 6) is 0.199. The molecule has 0 bridgehead atoms. The summed E-state index contributed by atoms with van der Waals surface area (Å²) in [4.78, 5) is 29.5. The Morgan fingerprint density at radius 3 is 2.61 bits per heavy atom. The smallest absolute Gasteiger partial charge is 0.225 e. The summed E-state index contributed by atoms with van der Waals surface area (Å²) in [6, 6.07) is 10.2. The number of ether oxygens (including phenoxy) is 1. The molecule has 0 radical (unpaired) electrons. The topological polar surface area (TPSA) is 61.9 Å². The maximum absolute atomic E-state index is 12.9. The third-order valence-electron chi connectivity index (χ3n) is 6.32. The number of amides is 2. The average molecular weight is 386 g/mol. The highest BCUT2D eigenvalue weighted by atomic mass is 16.5. The summed E-state index contributed by atoms with van der Waals surface area (Å²) >= 11 is 0. The summed E-state index contributed by atoms with van der Waals surface area (Å²) < 4.78 is 5.38. The SMILES string of the molecule is O=C(NC1(c2ccccc2)CC1)C1CCC(=O)N(CCCN2CCOCC2)C1. The molecule has 1 atom stereocenters. The second kappa shape index (κ2) is 8.62. The Bertz CT molecular complexity index is 684. The molecule has 2 saturated heterocycles. The Morgan fingerprint density at radius 2 is 1.89 bits per heavy atom. The van der Waals surface area contributed by atoms with E-state index in [1.807, 2.05) is 23.1 Å². The van der Waals surface area contributed by atoms with Crippen molar-refractivity contribution >= 4 is 11.8 Å². The van der Waals surface area contributed by atoms with Crippen LogP contribution in [0.15, 0.2) is 30.3 Å². The van der Waals surface area contributed by atoms with Gasteiger partial charge in [-0.25, -0.2) is 0 Å². The lowest BCUT2D eigenvalue weighted by atomic mass is 9.95. The van der Waals surface area contributed by atoms with Gasteiger partial charge in [-0.2, -0.15) is 0 Å². The van der Waals surface area contributed by atoms with E-state index in [0.29, 0.717) is 19.4 Å². The summed E-state index contributed by atoms with van der Waals surface area (Å²) in [5, 5.41) is 3.30. The van der Waals surface area contributed by atoms with E-state index in [1.54, 1.807) is 0 Å². The second-order valence-corrected chi connectivity index (χ2v) is 8.32. The molecule has 0 aromatic heterocycles. The minimum Gasteiger partial charge on any atom is -0.379 e. The first-order chi connectivity index (χ1) is 13.7. The third kappa shape index (κ3) is 4.55. The normalized spacial score (nSPS) is 24.8. The van der Waals surface area contributed by atoms with E-state index in [0.717, 1.165) is 58.7 Å². The lowest BCUT2D eigenvalue weighted by molar-refractivity contribution is -0.138. The number of hydrogen-bond donors (Lipinski definition) is 1. The van der Waals surface area contributed by atoms with Gasteiger partial charge in [0.25, 0.3) is 0 Å². The standard InChI is InChI=1S/C22H31N3O3/c26-20-8-7-18(17-25(20)12-4-11-24-13-15-28-16-14-24)21(27)23-22(9-10-22)19-5-2-1-3-6-19/h1-3,5-6,18H,4,7-17H2,(H,23,27). The molecule has 2 heterocycles. The molecule has 152 valence electrons. The monoisotopic (exact) mass is 385 g/mol. The minimum atomic E-state index is -0.180. The average Bonchev–Trinajstić information content (AvgIpc) is 3.51. The van der Waals surface area contributed by atoms with Gasteiger partial charge >= 0.3 is 0 Å². The molecule has 6 nitrogen and oxygen atoms in total. The molecule has 6 heteroatoms. The van der Waals surface area contributed by atoms with Crippen molar-refractivity contribution in [2.75, 3.05) is 45.9 Å². The molecule has 4 rings (SSSR count). The zero-order valence-electron chi connectivity index (χ0n) is 16.6. The number of nitrogens with one attached hydrogen (secondary N) is 1. The quantitative estimate of drug-likeness (QED) is 0.777. The van der Waals surface area contributed by atoms with Crippen molar-refractivity contribution in [1.82, 2.24) is 15.1 Å². The van der Waals surface area contributed by atoms with E-state index in [1.165, 1.54) is 5.56 Å². The molecule has 2 aliphatic heterocycles. The fraction of sp³-hybridized carbons (Fsp3) is 0.636. The van der Waals surface area contributed by atoms with Crippen LogP contribution in [0.5, 0.6) is 0 Å². The molecular weight excluding hydrogens is 354 g/mol. The van der Waals surface area contributed by atoms with Gasteiger partial charge in [-0.1, -0.05) is 30.3 Å². The lowest BCUT2D eigenvalue weighted by Gasteiger charge is -2.34. The third-order valence-corrected chi connectivity index (χ3v) is 6.32. The largest absolute Gasteiger partial charge is 0.379 e. The molecule has 1 N–H and O–H groups in total. The Labute approximate surface area is 167 Å². The van der Waals surface area contributed by atoms with Gasteiger partial charge in [0.2, 0.25) is 11.8 Å². The highest BCUT2D eigenvalue weighted by molar-refractivity contribution is 5.84. The molecule has 0 spiro atoms. The molecular formula is C22H31N3O3. The summed E-state index contributed by atoms with van der Waals surface area (Å²) in [6.45, 7) is 5.83. The van der Waals surface area contributed by atoms with E-state index >= 15 is 0 Å².